The Bertz CT molecular complexity index is 844. The van der Waals surface area contributed by atoms with Gasteiger partial charge in [0.15, 0.2) is 0 Å². The van der Waals surface area contributed by atoms with Crippen LogP contribution in [0.3, 0.4) is 0 Å². The van der Waals surface area contributed by atoms with Crippen LogP contribution in [0.25, 0.3) is 0 Å². The van der Waals surface area contributed by atoms with E-state index < -0.39 is 6.04 Å². The molecule has 0 spiro atoms. The zero-order chi connectivity index (χ0) is 22.8. The Hall–Kier alpha value is -1.69. The van der Waals surface area contributed by atoms with Crippen LogP contribution in [0.15, 0.2) is 48.5 Å². The number of nitrogens with zero attached hydrogens (tertiary/aromatic N) is 1. The fourth-order valence-electron chi connectivity index (χ4n) is 3.13. The Morgan fingerprint density at radius 3 is 2.23 bits per heavy atom. The molecule has 0 aromatic heterocycles. The van der Waals surface area contributed by atoms with Crippen molar-refractivity contribution in [3.63, 3.8) is 0 Å². The molecular weight excluding hydrogens is 451 g/mol. The number of benzene rings is 2. The van der Waals surface area contributed by atoms with Gasteiger partial charge in [-0.3, -0.25) is 9.59 Å². The summed E-state index contributed by atoms with van der Waals surface area (Å²) in [5, 5.41) is 4.21. The van der Waals surface area contributed by atoms with Gasteiger partial charge in [-0.05, 0) is 43.0 Å². The minimum absolute atomic E-state index is 0.0620. The second kappa shape index (κ2) is 13.0. The van der Waals surface area contributed by atoms with Gasteiger partial charge in [0.1, 0.15) is 6.04 Å². The van der Waals surface area contributed by atoms with Crippen molar-refractivity contribution in [2.24, 2.45) is 0 Å². The fourth-order valence-corrected chi connectivity index (χ4v) is 4.78. The lowest BCUT2D eigenvalue weighted by Crippen LogP contribution is -2.51. The molecule has 2 amide bonds. The maximum Gasteiger partial charge on any atom is 0.243 e. The zero-order valence-corrected chi connectivity index (χ0v) is 20.6. The quantitative estimate of drug-likeness (QED) is 0.432. The molecule has 31 heavy (non-hydrogen) atoms. The molecule has 0 saturated heterocycles. The number of hydrogen-bond donors (Lipinski definition) is 1. The summed E-state index contributed by atoms with van der Waals surface area (Å²) in [5.74, 6) is 0.573. The lowest BCUT2D eigenvalue weighted by Gasteiger charge is -2.31. The highest BCUT2D eigenvalue weighted by Crippen LogP contribution is 2.28. The topological polar surface area (TPSA) is 49.4 Å². The van der Waals surface area contributed by atoms with Crippen molar-refractivity contribution >= 4 is 46.8 Å². The molecule has 0 aliphatic rings. The largest absolute Gasteiger partial charge is 0.352 e. The standard InChI is InChI=1S/C24H30Cl2N2O2S/c1-4-17(3)27-24(30)22(5-2)28(14-18-10-7-6-8-11-18)23(29)16-31-15-19-20(25)12-9-13-21(19)26/h6-13,17,22H,4-5,14-16H2,1-3H3,(H,27,30). The molecule has 1 N–H and O–H groups in total. The van der Waals surface area contributed by atoms with Crippen LogP contribution in [0.2, 0.25) is 10.0 Å². The van der Waals surface area contributed by atoms with Crippen molar-refractivity contribution in [1.82, 2.24) is 10.2 Å². The molecule has 0 fully saturated rings. The van der Waals surface area contributed by atoms with Gasteiger partial charge in [-0.2, -0.15) is 0 Å². The predicted octanol–water partition coefficient (Wildman–Crippen LogP) is 5.95. The van der Waals surface area contributed by atoms with Gasteiger partial charge in [0, 0.05) is 28.4 Å². The minimum Gasteiger partial charge on any atom is -0.352 e. The fraction of sp³-hybridized carbons (Fsp3) is 0.417. The van der Waals surface area contributed by atoms with Gasteiger partial charge >= 0.3 is 0 Å². The van der Waals surface area contributed by atoms with Crippen LogP contribution in [-0.4, -0.2) is 34.6 Å². The Labute approximate surface area is 199 Å². The molecule has 0 saturated carbocycles. The summed E-state index contributed by atoms with van der Waals surface area (Å²) in [6, 6.07) is 14.7. The number of halogens is 2. The van der Waals surface area contributed by atoms with E-state index in [2.05, 4.69) is 5.32 Å². The lowest BCUT2D eigenvalue weighted by atomic mass is 10.1. The number of carbonyl (C=O) groups excluding carboxylic acids is 2. The summed E-state index contributed by atoms with van der Waals surface area (Å²) >= 11 is 13.9. The van der Waals surface area contributed by atoms with Gasteiger partial charge in [0.25, 0.3) is 0 Å². The average molecular weight is 481 g/mol. The van der Waals surface area contributed by atoms with Crippen molar-refractivity contribution in [2.75, 3.05) is 5.75 Å². The van der Waals surface area contributed by atoms with E-state index in [1.54, 1.807) is 23.1 Å². The van der Waals surface area contributed by atoms with E-state index >= 15 is 0 Å². The normalized spacial score (nSPS) is 12.8. The molecular formula is C24H30Cl2N2O2S. The highest BCUT2D eigenvalue weighted by atomic mass is 35.5. The summed E-state index contributed by atoms with van der Waals surface area (Å²) in [6.45, 7) is 6.31. The van der Waals surface area contributed by atoms with Gasteiger partial charge < -0.3 is 10.2 Å². The summed E-state index contributed by atoms with van der Waals surface area (Å²) in [7, 11) is 0. The summed E-state index contributed by atoms with van der Waals surface area (Å²) in [4.78, 5) is 27.8. The van der Waals surface area contributed by atoms with Crippen molar-refractivity contribution < 1.29 is 9.59 Å². The Morgan fingerprint density at radius 1 is 1.00 bits per heavy atom. The Balaban J connectivity index is 2.14. The third-order valence-corrected chi connectivity index (χ3v) is 6.77. The molecule has 4 nitrogen and oxygen atoms in total. The van der Waals surface area contributed by atoms with E-state index in [0.29, 0.717) is 28.8 Å². The lowest BCUT2D eigenvalue weighted by molar-refractivity contribution is -0.139. The number of amides is 2. The second-order valence-electron chi connectivity index (χ2n) is 7.44. The van der Waals surface area contributed by atoms with E-state index in [1.807, 2.05) is 51.1 Å². The van der Waals surface area contributed by atoms with Crippen molar-refractivity contribution in [1.29, 1.82) is 0 Å². The third kappa shape index (κ3) is 7.74. The van der Waals surface area contributed by atoms with Crippen molar-refractivity contribution in [3.05, 3.63) is 69.7 Å². The number of thioether (sulfide) groups is 1. The first-order valence-corrected chi connectivity index (χ1v) is 12.4. The van der Waals surface area contributed by atoms with Crippen LogP contribution in [0, 0.1) is 0 Å². The third-order valence-electron chi connectivity index (χ3n) is 5.12. The van der Waals surface area contributed by atoms with Crippen molar-refractivity contribution in [3.8, 4) is 0 Å². The number of hydrogen-bond acceptors (Lipinski definition) is 3. The zero-order valence-electron chi connectivity index (χ0n) is 18.2. The molecule has 2 aromatic carbocycles. The van der Waals surface area contributed by atoms with E-state index in [4.69, 9.17) is 23.2 Å². The van der Waals surface area contributed by atoms with Crippen LogP contribution in [-0.2, 0) is 21.9 Å². The first kappa shape index (κ1) is 25.6. The van der Waals surface area contributed by atoms with Gasteiger partial charge in [0.2, 0.25) is 11.8 Å². The molecule has 7 heteroatoms. The van der Waals surface area contributed by atoms with E-state index in [1.165, 1.54) is 11.8 Å². The molecule has 2 atom stereocenters. The van der Waals surface area contributed by atoms with Crippen LogP contribution in [0.5, 0.6) is 0 Å². The second-order valence-corrected chi connectivity index (χ2v) is 9.24. The van der Waals surface area contributed by atoms with Gasteiger partial charge in [-0.1, -0.05) is 73.4 Å². The molecule has 0 radical (unpaired) electrons. The maximum atomic E-state index is 13.2. The molecule has 168 valence electrons. The van der Waals surface area contributed by atoms with Crippen LogP contribution in [0.4, 0.5) is 0 Å². The van der Waals surface area contributed by atoms with Crippen LogP contribution in [0.1, 0.15) is 44.7 Å². The van der Waals surface area contributed by atoms with Gasteiger partial charge in [-0.25, -0.2) is 0 Å². The average Bonchev–Trinajstić information content (AvgIpc) is 2.76. The minimum atomic E-state index is -0.522. The molecule has 0 bridgehead atoms. The first-order chi connectivity index (χ1) is 14.9. The molecule has 0 aliphatic carbocycles. The summed E-state index contributed by atoms with van der Waals surface area (Å²) in [6.07, 6.45) is 1.38. The van der Waals surface area contributed by atoms with E-state index in [9.17, 15) is 9.59 Å². The maximum absolute atomic E-state index is 13.2. The highest BCUT2D eigenvalue weighted by molar-refractivity contribution is 7.99. The molecule has 0 heterocycles. The van der Waals surface area contributed by atoms with Crippen LogP contribution >= 0.6 is 35.0 Å². The smallest absolute Gasteiger partial charge is 0.243 e. The number of nitrogens with one attached hydrogen (secondary N) is 1. The Morgan fingerprint density at radius 2 is 1.65 bits per heavy atom. The Kier molecular flexibility index (Phi) is 10.7. The van der Waals surface area contributed by atoms with E-state index in [0.717, 1.165) is 17.5 Å². The summed E-state index contributed by atoms with van der Waals surface area (Å²) in [5.41, 5.74) is 1.81. The molecule has 2 aromatic rings. The van der Waals surface area contributed by atoms with E-state index in [-0.39, 0.29) is 23.6 Å². The van der Waals surface area contributed by atoms with Crippen LogP contribution < -0.4 is 5.32 Å². The number of carbonyl (C=O) groups is 2. The molecule has 2 unspecified atom stereocenters. The molecule has 0 aliphatic heterocycles. The number of rotatable bonds is 11. The van der Waals surface area contributed by atoms with Gasteiger partial charge in [-0.15, -0.1) is 11.8 Å². The SMILES string of the molecule is CCC(C)NC(=O)C(CC)N(Cc1ccccc1)C(=O)CSCc1c(Cl)cccc1Cl. The summed E-state index contributed by atoms with van der Waals surface area (Å²) < 4.78 is 0. The predicted molar refractivity (Wildman–Crippen MR) is 132 cm³/mol. The highest BCUT2D eigenvalue weighted by Gasteiger charge is 2.29. The van der Waals surface area contributed by atoms with Crippen molar-refractivity contribution in [2.45, 2.75) is 58.0 Å². The monoisotopic (exact) mass is 480 g/mol. The first-order valence-electron chi connectivity index (χ1n) is 10.5. The van der Waals surface area contributed by atoms with Gasteiger partial charge in [0.05, 0.1) is 5.75 Å². The molecule has 2 rings (SSSR count).